The van der Waals surface area contributed by atoms with Gasteiger partial charge in [-0.2, -0.15) is 0 Å². The van der Waals surface area contributed by atoms with Gasteiger partial charge in [0.15, 0.2) is 0 Å². The third-order valence-corrected chi connectivity index (χ3v) is 6.40. The van der Waals surface area contributed by atoms with Crippen LogP contribution in [0.5, 0.6) is 0 Å². The molecule has 1 aliphatic carbocycles. The highest BCUT2D eigenvalue weighted by Crippen LogP contribution is 2.33. The molecule has 1 saturated carbocycles. The molecular weight excluding hydrogens is 368 g/mol. The normalized spacial score (nSPS) is 23.1. The van der Waals surface area contributed by atoms with E-state index >= 15 is 0 Å². The van der Waals surface area contributed by atoms with Crippen molar-refractivity contribution in [2.45, 2.75) is 30.2 Å². The van der Waals surface area contributed by atoms with Crippen molar-refractivity contribution in [3.05, 3.63) is 21.6 Å². The molecule has 0 heterocycles. The Morgan fingerprint density at radius 2 is 2.15 bits per heavy atom. The van der Waals surface area contributed by atoms with Gasteiger partial charge in [-0.15, -0.1) is 0 Å². The molecule has 1 aliphatic rings. The summed E-state index contributed by atoms with van der Waals surface area (Å²) in [5.41, 5.74) is 5.98. The van der Waals surface area contributed by atoms with Crippen molar-refractivity contribution in [3.8, 4) is 0 Å². The van der Waals surface area contributed by atoms with Gasteiger partial charge < -0.3 is 10.8 Å². The Labute approximate surface area is 131 Å². The minimum Gasteiger partial charge on any atom is -0.398 e. The van der Waals surface area contributed by atoms with Gasteiger partial charge in [-0.25, -0.2) is 13.1 Å². The highest BCUT2D eigenvalue weighted by atomic mass is 79.9. The van der Waals surface area contributed by atoms with Gasteiger partial charge >= 0.3 is 0 Å². The summed E-state index contributed by atoms with van der Waals surface area (Å²) in [6.07, 6.45) is 2.44. The van der Waals surface area contributed by atoms with Crippen molar-refractivity contribution in [2.24, 2.45) is 5.92 Å². The number of rotatable bonds is 4. The fourth-order valence-corrected chi connectivity index (χ4v) is 5.08. The molecule has 4 N–H and O–H groups in total. The average Bonchev–Trinajstić information content (AvgIpc) is 2.80. The lowest BCUT2D eigenvalue weighted by Gasteiger charge is -2.20. The third-order valence-electron chi connectivity index (χ3n) is 3.52. The fraction of sp³-hybridized carbons (Fsp3) is 0.500. The topological polar surface area (TPSA) is 92.4 Å². The van der Waals surface area contributed by atoms with E-state index in [9.17, 15) is 13.5 Å². The minimum atomic E-state index is -3.73. The molecule has 0 aromatic heterocycles. The Morgan fingerprint density at radius 3 is 2.80 bits per heavy atom. The van der Waals surface area contributed by atoms with Crippen molar-refractivity contribution in [1.29, 1.82) is 0 Å². The van der Waals surface area contributed by atoms with E-state index in [4.69, 9.17) is 17.3 Å². The first kappa shape index (κ1) is 16.0. The van der Waals surface area contributed by atoms with Crippen molar-refractivity contribution >= 4 is 43.2 Å². The maximum atomic E-state index is 12.4. The molecule has 2 rings (SSSR count). The zero-order valence-electron chi connectivity index (χ0n) is 10.6. The summed E-state index contributed by atoms with van der Waals surface area (Å²) >= 11 is 9.05. The highest BCUT2D eigenvalue weighted by molar-refractivity contribution is 9.10. The minimum absolute atomic E-state index is 0.0195. The Hall–Kier alpha value is -0.340. The Morgan fingerprint density at radius 1 is 1.45 bits per heavy atom. The van der Waals surface area contributed by atoms with Crippen molar-refractivity contribution in [1.82, 2.24) is 4.72 Å². The van der Waals surface area contributed by atoms with Gasteiger partial charge in [0.2, 0.25) is 10.0 Å². The number of nitrogens with two attached hydrogens (primary N) is 1. The van der Waals surface area contributed by atoms with E-state index in [-0.39, 0.29) is 34.2 Å². The Kier molecular flexibility index (Phi) is 4.96. The highest BCUT2D eigenvalue weighted by Gasteiger charge is 2.31. The first-order chi connectivity index (χ1) is 9.35. The van der Waals surface area contributed by atoms with Gasteiger partial charge in [0.1, 0.15) is 0 Å². The Bertz CT molecular complexity index is 609. The van der Waals surface area contributed by atoms with Crippen molar-refractivity contribution in [2.75, 3.05) is 12.3 Å². The van der Waals surface area contributed by atoms with Gasteiger partial charge in [0.05, 0.1) is 9.37 Å². The lowest BCUT2D eigenvalue weighted by molar-refractivity contribution is 0.213. The molecule has 0 saturated heterocycles. The van der Waals surface area contributed by atoms with Crippen molar-refractivity contribution in [3.63, 3.8) is 0 Å². The standard InChI is InChI=1S/C12H16BrClN2O3S/c13-12-9(15)4-8(14)5-11(12)20(18,19)16-10-3-1-2-7(10)6-17/h4-5,7,10,16-17H,1-3,6,15H2. The van der Waals surface area contributed by atoms with E-state index < -0.39 is 10.0 Å². The van der Waals surface area contributed by atoms with Crippen LogP contribution >= 0.6 is 27.5 Å². The van der Waals surface area contributed by atoms with E-state index in [1.165, 1.54) is 12.1 Å². The van der Waals surface area contributed by atoms with Crippen LogP contribution in [0.3, 0.4) is 0 Å². The number of benzene rings is 1. The summed E-state index contributed by atoms with van der Waals surface area (Å²) in [7, 11) is -3.73. The summed E-state index contributed by atoms with van der Waals surface area (Å²) in [4.78, 5) is 0.0195. The van der Waals surface area contributed by atoms with Crippen molar-refractivity contribution < 1.29 is 13.5 Å². The fourth-order valence-electron chi connectivity index (χ4n) is 2.45. The SMILES string of the molecule is Nc1cc(Cl)cc(S(=O)(=O)NC2CCCC2CO)c1Br. The van der Waals surface area contributed by atoms with E-state index in [0.717, 1.165) is 19.3 Å². The number of nitrogens with one attached hydrogen (secondary N) is 1. The molecule has 5 nitrogen and oxygen atoms in total. The number of anilines is 1. The molecule has 0 bridgehead atoms. The molecule has 0 radical (unpaired) electrons. The van der Waals surface area contributed by atoms with Crippen LogP contribution in [0.4, 0.5) is 5.69 Å². The largest absolute Gasteiger partial charge is 0.398 e. The summed E-state index contributed by atoms with van der Waals surface area (Å²) in [5, 5.41) is 9.52. The molecule has 0 amide bonds. The quantitative estimate of drug-likeness (QED) is 0.694. The predicted molar refractivity (Wildman–Crippen MR) is 82.1 cm³/mol. The number of sulfonamides is 1. The van der Waals surface area contributed by atoms with Crippen LogP contribution in [0.15, 0.2) is 21.5 Å². The van der Waals surface area contributed by atoms with Crippen LogP contribution in [0.2, 0.25) is 5.02 Å². The molecule has 112 valence electrons. The molecule has 2 unspecified atom stereocenters. The molecule has 1 aromatic carbocycles. The molecule has 1 aromatic rings. The van der Waals surface area contributed by atoms with Gasteiger partial charge in [0.25, 0.3) is 0 Å². The second kappa shape index (κ2) is 6.19. The summed E-state index contributed by atoms with van der Waals surface area (Å²) in [5.74, 6) is -0.0416. The van der Waals surface area contributed by atoms with Crippen LogP contribution in [-0.4, -0.2) is 26.2 Å². The average molecular weight is 384 g/mol. The van der Waals surface area contributed by atoms with Gasteiger partial charge in [-0.05, 0) is 46.8 Å². The lowest BCUT2D eigenvalue weighted by Crippen LogP contribution is -2.38. The lowest BCUT2D eigenvalue weighted by atomic mass is 10.1. The predicted octanol–water partition coefficient (Wildman–Crippen LogP) is 2.12. The number of hydrogen-bond donors (Lipinski definition) is 3. The van der Waals surface area contributed by atoms with E-state index in [0.29, 0.717) is 4.47 Å². The maximum absolute atomic E-state index is 12.4. The second-order valence-electron chi connectivity index (χ2n) is 4.91. The zero-order chi connectivity index (χ0) is 14.9. The van der Waals surface area contributed by atoms with E-state index in [2.05, 4.69) is 20.7 Å². The number of aliphatic hydroxyl groups excluding tert-OH is 1. The van der Waals surface area contributed by atoms with Gasteiger partial charge in [-0.1, -0.05) is 18.0 Å². The molecule has 2 atom stereocenters. The molecule has 0 aliphatic heterocycles. The number of aliphatic hydroxyl groups is 1. The van der Waals surface area contributed by atoms with E-state index in [1.807, 2.05) is 0 Å². The monoisotopic (exact) mass is 382 g/mol. The molecular formula is C12H16BrClN2O3S. The number of hydrogen-bond acceptors (Lipinski definition) is 4. The summed E-state index contributed by atoms with van der Waals surface area (Å²) in [6.45, 7) is -0.0218. The number of halogens is 2. The molecule has 20 heavy (non-hydrogen) atoms. The summed E-state index contributed by atoms with van der Waals surface area (Å²) in [6, 6.07) is 2.58. The molecule has 0 spiro atoms. The van der Waals surface area contributed by atoms with Crippen LogP contribution in [0.1, 0.15) is 19.3 Å². The molecule has 8 heteroatoms. The first-order valence-electron chi connectivity index (χ1n) is 6.23. The summed E-state index contributed by atoms with van der Waals surface area (Å²) < 4.78 is 27.8. The first-order valence-corrected chi connectivity index (χ1v) is 8.88. The Balaban J connectivity index is 2.31. The van der Waals surface area contributed by atoms with Gasteiger partial charge in [-0.3, -0.25) is 0 Å². The zero-order valence-corrected chi connectivity index (χ0v) is 13.8. The smallest absolute Gasteiger partial charge is 0.242 e. The third kappa shape index (κ3) is 3.28. The number of nitrogen functional groups attached to an aromatic ring is 1. The van der Waals surface area contributed by atoms with Crippen LogP contribution in [0.25, 0.3) is 0 Å². The second-order valence-corrected chi connectivity index (χ2v) is 7.82. The maximum Gasteiger partial charge on any atom is 0.242 e. The molecule has 1 fully saturated rings. The van der Waals surface area contributed by atoms with Crippen LogP contribution in [-0.2, 0) is 10.0 Å². The van der Waals surface area contributed by atoms with Crippen LogP contribution < -0.4 is 10.5 Å². The van der Waals surface area contributed by atoms with Crippen LogP contribution in [0, 0.1) is 5.92 Å². The van der Waals surface area contributed by atoms with E-state index in [1.54, 1.807) is 0 Å². The van der Waals surface area contributed by atoms with Gasteiger partial charge in [0, 0.05) is 23.4 Å².